The number of para-hydroxylation sites is 1. The Morgan fingerprint density at radius 2 is 1.82 bits per heavy atom. The molecule has 2 heteroatoms. The Kier molecular flexibility index (Phi) is 4.06. The monoisotopic (exact) mass is 232 g/mol. The molecule has 1 aliphatic rings. The Morgan fingerprint density at radius 3 is 2.47 bits per heavy atom. The lowest BCUT2D eigenvalue weighted by Crippen LogP contribution is -2.22. The van der Waals surface area contributed by atoms with Crippen molar-refractivity contribution in [2.24, 2.45) is 11.8 Å². The molecular weight excluding hydrogens is 208 g/mol. The van der Waals surface area contributed by atoms with Gasteiger partial charge >= 0.3 is 0 Å². The van der Waals surface area contributed by atoms with Crippen LogP contribution < -0.4 is 5.73 Å². The molecule has 2 atom stereocenters. The second-order valence-corrected chi connectivity index (χ2v) is 5.52. The maximum atomic E-state index is 5.95. The first-order valence-electron chi connectivity index (χ1n) is 6.72. The van der Waals surface area contributed by atoms with Crippen molar-refractivity contribution in [3.05, 3.63) is 29.8 Å². The summed E-state index contributed by atoms with van der Waals surface area (Å²) >= 11 is 0. The van der Waals surface area contributed by atoms with E-state index in [1.165, 1.54) is 31.6 Å². The minimum atomic E-state index is 0.858. The Labute approximate surface area is 105 Å². The van der Waals surface area contributed by atoms with Crippen molar-refractivity contribution in [2.75, 3.05) is 25.4 Å². The summed E-state index contributed by atoms with van der Waals surface area (Å²) in [6, 6.07) is 8.22. The van der Waals surface area contributed by atoms with Gasteiger partial charge in [-0.3, -0.25) is 0 Å². The minimum absolute atomic E-state index is 0.858. The van der Waals surface area contributed by atoms with Gasteiger partial charge in [-0.15, -0.1) is 0 Å². The van der Waals surface area contributed by atoms with E-state index in [1.807, 2.05) is 12.1 Å². The zero-order chi connectivity index (χ0) is 12.3. The van der Waals surface area contributed by atoms with E-state index in [2.05, 4.69) is 30.9 Å². The molecule has 1 aliphatic heterocycles. The van der Waals surface area contributed by atoms with E-state index in [-0.39, 0.29) is 0 Å². The molecule has 2 unspecified atom stereocenters. The average Bonchev–Trinajstić information content (AvgIpc) is 2.61. The Bertz CT molecular complexity index is 352. The maximum Gasteiger partial charge on any atom is 0.0346 e. The molecule has 0 radical (unpaired) electrons. The van der Waals surface area contributed by atoms with Gasteiger partial charge in [0.05, 0.1) is 0 Å². The molecule has 2 nitrogen and oxygen atoms in total. The molecule has 0 saturated carbocycles. The van der Waals surface area contributed by atoms with Gasteiger partial charge in [-0.1, -0.05) is 32.0 Å². The third-order valence-corrected chi connectivity index (χ3v) is 4.04. The smallest absolute Gasteiger partial charge is 0.0346 e. The molecule has 2 rings (SSSR count). The number of likely N-dealkylation sites (tertiary alicyclic amines) is 1. The van der Waals surface area contributed by atoms with E-state index in [1.54, 1.807) is 0 Å². The van der Waals surface area contributed by atoms with Crippen molar-refractivity contribution >= 4 is 5.69 Å². The van der Waals surface area contributed by atoms with E-state index in [0.29, 0.717) is 0 Å². The highest BCUT2D eigenvalue weighted by Gasteiger charge is 2.25. The molecule has 0 aromatic heterocycles. The van der Waals surface area contributed by atoms with Crippen molar-refractivity contribution in [1.29, 1.82) is 0 Å². The summed E-state index contributed by atoms with van der Waals surface area (Å²) in [5.41, 5.74) is 8.18. The largest absolute Gasteiger partial charge is 0.399 e. The number of nitrogens with zero attached hydrogens (tertiary/aromatic N) is 1. The van der Waals surface area contributed by atoms with Gasteiger partial charge in [-0.05, 0) is 42.9 Å². The van der Waals surface area contributed by atoms with E-state index in [9.17, 15) is 0 Å². The number of nitrogen functional groups attached to an aromatic ring is 1. The Hall–Kier alpha value is -1.02. The zero-order valence-electron chi connectivity index (χ0n) is 11.0. The van der Waals surface area contributed by atoms with Gasteiger partial charge in [-0.25, -0.2) is 0 Å². The summed E-state index contributed by atoms with van der Waals surface area (Å²) in [7, 11) is 0. The van der Waals surface area contributed by atoms with Crippen LogP contribution in [-0.4, -0.2) is 24.5 Å². The van der Waals surface area contributed by atoms with Gasteiger partial charge in [-0.2, -0.15) is 0 Å². The van der Waals surface area contributed by atoms with Crippen LogP contribution in [0.5, 0.6) is 0 Å². The first kappa shape index (κ1) is 12.4. The number of rotatable bonds is 4. The summed E-state index contributed by atoms with van der Waals surface area (Å²) in [5, 5.41) is 0. The van der Waals surface area contributed by atoms with Crippen LogP contribution >= 0.6 is 0 Å². The van der Waals surface area contributed by atoms with Crippen LogP contribution in [0.4, 0.5) is 5.69 Å². The normalized spacial score (nSPS) is 25.3. The van der Waals surface area contributed by atoms with Crippen LogP contribution in [0, 0.1) is 11.8 Å². The van der Waals surface area contributed by atoms with Gasteiger partial charge in [0, 0.05) is 18.8 Å². The number of aryl methyl sites for hydroxylation is 1. The number of anilines is 1. The molecule has 1 aromatic rings. The highest BCUT2D eigenvalue weighted by Crippen LogP contribution is 2.22. The van der Waals surface area contributed by atoms with Crippen LogP contribution in [0.3, 0.4) is 0 Å². The topological polar surface area (TPSA) is 29.3 Å². The number of hydrogen-bond donors (Lipinski definition) is 1. The predicted octanol–water partition coefficient (Wildman–Crippen LogP) is 2.79. The van der Waals surface area contributed by atoms with E-state index in [4.69, 9.17) is 5.73 Å². The highest BCUT2D eigenvalue weighted by atomic mass is 15.1. The Balaban J connectivity index is 1.75. The predicted molar refractivity (Wildman–Crippen MR) is 73.9 cm³/mol. The summed E-state index contributed by atoms with van der Waals surface area (Å²) < 4.78 is 0. The van der Waals surface area contributed by atoms with Gasteiger partial charge in [0.15, 0.2) is 0 Å². The van der Waals surface area contributed by atoms with Crippen LogP contribution in [-0.2, 0) is 6.42 Å². The second kappa shape index (κ2) is 5.54. The molecule has 1 saturated heterocycles. The third kappa shape index (κ3) is 3.22. The van der Waals surface area contributed by atoms with E-state index in [0.717, 1.165) is 23.9 Å². The lowest BCUT2D eigenvalue weighted by Gasteiger charge is -2.15. The van der Waals surface area contributed by atoms with Crippen molar-refractivity contribution in [1.82, 2.24) is 4.90 Å². The molecule has 0 bridgehead atoms. The number of benzene rings is 1. The molecule has 17 heavy (non-hydrogen) atoms. The van der Waals surface area contributed by atoms with Gasteiger partial charge in [0.25, 0.3) is 0 Å². The highest BCUT2D eigenvalue weighted by molar-refractivity contribution is 5.46. The summed E-state index contributed by atoms with van der Waals surface area (Å²) in [4.78, 5) is 2.59. The fraction of sp³-hybridized carbons (Fsp3) is 0.600. The SMILES string of the molecule is CC1CN(CCCc2ccccc2N)CC1C. The minimum Gasteiger partial charge on any atom is -0.399 e. The van der Waals surface area contributed by atoms with Gasteiger partial charge in [0.2, 0.25) is 0 Å². The van der Waals surface area contributed by atoms with E-state index >= 15 is 0 Å². The molecule has 1 aromatic carbocycles. The van der Waals surface area contributed by atoms with E-state index < -0.39 is 0 Å². The van der Waals surface area contributed by atoms with Crippen molar-refractivity contribution in [3.8, 4) is 0 Å². The third-order valence-electron chi connectivity index (χ3n) is 4.04. The first-order valence-corrected chi connectivity index (χ1v) is 6.72. The van der Waals surface area contributed by atoms with Crippen LogP contribution in [0.15, 0.2) is 24.3 Å². The molecule has 0 spiro atoms. The van der Waals surface area contributed by atoms with Gasteiger partial charge in [0.1, 0.15) is 0 Å². The number of hydrogen-bond acceptors (Lipinski definition) is 2. The quantitative estimate of drug-likeness (QED) is 0.809. The van der Waals surface area contributed by atoms with Crippen LogP contribution in [0.2, 0.25) is 0 Å². The number of nitrogens with two attached hydrogens (primary N) is 1. The molecule has 94 valence electrons. The lowest BCUT2D eigenvalue weighted by atomic mass is 10.0. The maximum absolute atomic E-state index is 5.95. The first-order chi connectivity index (χ1) is 8.16. The fourth-order valence-electron chi connectivity index (χ4n) is 2.69. The molecule has 2 N–H and O–H groups in total. The van der Waals surface area contributed by atoms with Crippen molar-refractivity contribution in [3.63, 3.8) is 0 Å². The lowest BCUT2D eigenvalue weighted by molar-refractivity contribution is 0.319. The average molecular weight is 232 g/mol. The van der Waals surface area contributed by atoms with Crippen molar-refractivity contribution in [2.45, 2.75) is 26.7 Å². The second-order valence-electron chi connectivity index (χ2n) is 5.52. The summed E-state index contributed by atoms with van der Waals surface area (Å²) in [6.45, 7) is 8.47. The fourth-order valence-corrected chi connectivity index (χ4v) is 2.69. The standard InChI is InChI=1S/C15H24N2/c1-12-10-17(11-13(12)2)9-5-7-14-6-3-4-8-15(14)16/h3-4,6,8,12-13H,5,7,9-11,16H2,1-2H3. The van der Waals surface area contributed by atoms with Crippen LogP contribution in [0.1, 0.15) is 25.8 Å². The van der Waals surface area contributed by atoms with Gasteiger partial charge < -0.3 is 10.6 Å². The molecule has 0 amide bonds. The molecule has 1 heterocycles. The van der Waals surface area contributed by atoms with Crippen molar-refractivity contribution < 1.29 is 0 Å². The molecular formula is C15H24N2. The molecule has 0 aliphatic carbocycles. The molecule has 1 fully saturated rings. The van der Waals surface area contributed by atoms with Crippen LogP contribution in [0.25, 0.3) is 0 Å². The summed E-state index contributed by atoms with van der Waals surface area (Å²) in [5.74, 6) is 1.72. The summed E-state index contributed by atoms with van der Waals surface area (Å²) in [6.07, 6.45) is 2.32. The zero-order valence-corrected chi connectivity index (χ0v) is 11.0. The Morgan fingerprint density at radius 1 is 1.18 bits per heavy atom.